The summed E-state index contributed by atoms with van der Waals surface area (Å²) < 4.78 is 1.77. The van der Waals surface area contributed by atoms with Crippen LogP contribution in [-0.2, 0) is 11.8 Å². The second-order valence-corrected chi connectivity index (χ2v) is 6.09. The number of nitrogens with one attached hydrogen (secondary N) is 1. The monoisotopic (exact) mass is 352 g/mol. The summed E-state index contributed by atoms with van der Waals surface area (Å²) in [5.74, 6) is 0.161. The summed E-state index contributed by atoms with van der Waals surface area (Å²) in [5, 5.41) is 19.6. The summed E-state index contributed by atoms with van der Waals surface area (Å²) in [6.07, 6.45) is 1.60. The van der Waals surface area contributed by atoms with Crippen LogP contribution in [0.1, 0.15) is 0 Å². The van der Waals surface area contributed by atoms with Gasteiger partial charge in [-0.25, -0.2) is 0 Å². The first-order valence-electron chi connectivity index (χ1n) is 7.54. The SMILES string of the molecule is Cn1cnnc1SCC(=O)Nc1ccc(N=Nc2ccccc2)cc1. The summed E-state index contributed by atoms with van der Waals surface area (Å²) in [5.41, 5.74) is 2.22. The molecule has 3 rings (SSSR count). The maximum absolute atomic E-state index is 12.0. The second-order valence-electron chi connectivity index (χ2n) is 5.14. The first-order valence-corrected chi connectivity index (χ1v) is 8.53. The molecule has 0 bridgehead atoms. The van der Waals surface area contributed by atoms with Crippen LogP contribution in [0, 0.1) is 0 Å². The van der Waals surface area contributed by atoms with Crippen LogP contribution < -0.4 is 5.32 Å². The zero-order chi connectivity index (χ0) is 17.5. The largest absolute Gasteiger partial charge is 0.325 e. The highest BCUT2D eigenvalue weighted by Gasteiger charge is 2.07. The number of anilines is 1. The highest BCUT2D eigenvalue weighted by atomic mass is 32.2. The minimum atomic E-state index is -0.105. The fourth-order valence-electron chi connectivity index (χ4n) is 1.95. The molecular formula is C17H16N6OS. The van der Waals surface area contributed by atoms with Crippen molar-refractivity contribution in [1.29, 1.82) is 0 Å². The zero-order valence-corrected chi connectivity index (χ0v) is 14.3. The Bertz CT molecular complexity index is 860. The fourth-order valence-corrected chi connectivity index (χ4v) is 2.64. The van der Waals surface area contributed by atoms with Crippen LogP contribution in [0.15, 0.2) is 76.3 Å². The summed E-state index contributed by atoms with van der Waals surface area (Å²) in [6, 6.07) is 16.7. The molecule has 25 heavy (non-hydrogen) atoms. The molecule has 0 aliphatic carbocycles. The fraction of sp³-hybridized carbons (Fsp3) is 0.118. The molecule has 0 saturated heterocycles. The molecule has 1 heterocycles. The van der Waals surface area contributed by atoms with E-state index < -0.39 is 0 Å². The topological polar surface area (TPSA) is 84.5 Å². The number of aromatic nitrogens is 3. The van der Waals surface area contributed by atoms with Crippen molar-refractivity contribution in [3.63, 3.8) is 0 Å². The Labute approximate surface area is 149 Å². The van der Waals surface area contributed by atoms with Crippen molar-refractivity contribution in [2.45, 2.75) is 5.16 Å². The number of carbonyl (C=O) groups excluding carboxylic acids is 1. The molecule has 0 atom stereocenters. The lowest BCUT2D eigenvalue weighted by Gasteiger charge is -2.05. The first kappa shape index (κ1) is 16.8. The predicted molar refractivity (Wildman–Crippen MR) is 97.4 cm³/mol. The van der Waals surface area contributed by atoms with Crippen LogP contribution >= 0.6 is 11.8 Å². The van der Waals surface area contributed by atoms with Crippen LogP contribution in [0.5, 0.6) is 0 Å². The van der Waals surface area contributed by atoms with Gasteiger partial charge in [0.2, 0.25) is 5.91 Å². The van der Waals surface area contributed by atoms with Gasteiger partial charge in [-0.15, -0.1) is 10.2 Å². The maximum Gasteiger partial charge on any atom is 0.234 e. The summed E-state index contributed by atoms with van der Waals surface area (Å²) >= 11 is 1.33. The van der Waals surface area contributed by atoms with Crippen LogP contribution in [0.2, 0.25) is 0 Å². The number of hydrogen-bond acceptors (Lipinski definition) is 6. The summed E-state index contributed by atoms with van der Waals surface area (Å²) in [4.78, 5) is 12.0. The normalized spacial score (nSPS) is 10.9. The van der Waals surface area contributed by atoms with Gasteiger partial charge in [-0.2, -0.15) is 10.2 Å². The number of nitrogens with zero attached hydrogens (tertiary/aromatic N) is 5. The quantitative estimate of drug-likeness (QED) is 0.537. The van der Waals surface area contributed by atoms with Crippen molar-refractivity contribution in [1.82, 2.24) is 14.8 Å². The zero-order valence-electron chi connectivity index (χ0n) is 13.5. The Morgan fingerprint density at radius 2 is 1.76 bits per heavy atom. The molecule has 3 aromatic rings. The van der Waals surface area contributed by atoms with E-state index in [0.717, 1.165) is 11.4 Å². The molecule has 0 unspecified atom stereocenters. The molecule has 0 aliphatic heterocycles. The standard InChI is InChI=1S/C17H16N6OS/c1-23-12-18-22-17(23)25-11-16(24)19-13-7-9-15(10-8-13)21-20-14-5-3-2-4-6-14/h2-10,12H,11H2,1H3,(H,19,24). The predicted octanol–water partition coefficient (Wildman–Crippen LogP) is 3.96. The number of aryl methyl sites for hydroxylation is 1. The highest BCUT2D eigenvalue weighted by molar-refractivity contribution is 7.99. The van der Waals surface area contributed by atoms with Gasteiger partial charge in [0.1, 0.15) is 6.33 Å². The van der Waals surface area contributed by atoms with Crippen molar-refractivity contribution < 1.29 is 4.79 Å². The van der Waals surface area contributed by atoms with Gasteiger partial charge < -0.3 is 9.88 Å². The Kier molecular flexibility index (Phi) is 5.53. The number of benzene rings is 2. The number of hydrogen-bond donors (Lipinski definition) is 1. The van der Waals surface area contributed by atoms with Gasteiger partial charge in [0.15, 0.2) is 5.16 Å². The van der Waals surface area contributed by atoms with Crippen molar-refractivity contribution in [3.05, 3.63) is 60.9 Å². The van der Waals surface area contributed by atoms with E-state index in [9.17, 15) is 4.79 Å². The molecule has 0 spiro atoms. The lowest BCUT2D eigenvalue weighted by atomic mass is 10.3. The van der Waals surface area contributed by atoms with Crippen molar-refractivity contribution >= 4 is 34.7 Å². The van der Waals surface area contributed by atoms with Gasteiger partial charge in [0.05, 0.1) is 17.1 Å². The summed E-state index contributed by atoms with van der Waals surface area (Å²) in [7, 11) is 1.84. The average molecular weight is 352 g/mol. The van der Waals surface area contributed by atoms with E-state index in [1.807, 2.05) is 37.4 Å². The minimum absolute atomic E-state index is 0.105. The van der Waals surface area contributed by atoms with E-state index in [1.165, 1.54) is 11.8 Å². The van der Waals surface area contributed by atoms with E-state index in [-0.39, 0.29) is 11.7 Å². The molecule has 1 N–H and O–H groups in total. The average Bonchev–Trinajstić information content (AvgIpc) is 3.05. The second kappa shape index (κ2) is 8.20. The Hall–Kier alpha value is -3.00. The molecule has 0 fully saturated rings. The van der Waals surface area contributed by atoms with Crippen LogP contribution in [0.25, 0.3) is 0 Å². The van der Waals surface area contributed by atoms with E-state index in [4.69, 9.17) is 0 Å². The van der Waals surface area contributed by atoms with Gasteiger partial charge >= 0.3 is 0 Å². The van der Waals surface area contributed by atoms with Crippen LogP contribution in [0.4, 0.5) is 17.1 Å². The van der Waals surface area contributed by atoms with E-state index in [2.05, 4.69) is 25.7 Å². The molecule has 0 saturated carbocycles. The minimum Gasteiger partial charge on any atom is -0.325 e. The van der Waals surface area contributed by atoms with Gasteiger partial charge in [0, 0.05) is 12.7 Å². The van der Waals surface area contributed by atoms with Gasteiger partial charge in [-0.1, -0.05) is 30.0 Å². The number of azo groups is 1. The van der Waals surface area contributed by atoms with Gasteiger partial charge in [-0.05, 0) is 36.4 Å². The van der Waals surface area contributed by atoms with Crippen LogP contribution in [0.3, 0.4) is 0 Å². The molecule has 8 heteroatoms. The smallest absolute Gasteiger partial charge is 0.234 e. The number of thioether (sulfide) groups is 1. The molecule has 0 aliphatic rings. The Balaban J connectivity index is 1.52. The molecule has 1 aromatic heterocycles. The van der Waals surface area contributed by atoms with Crippen molar-refractivity contribution in [2.24, 2.45) is 17.3 Å². The number of rotatable bonds is 6. The molecule has 126 valence electrons. The van der Waals surface area contributed by atoms with Gasteiger partial charge in [-0.3, -0.25) is 4.79 Å². The molecular weight excluding hydrogens is 336 g/mol. The Morgan fingerprint density at radius 1 is 1.08 bits per heavy atom. The van der Waals surface area contributed by atoms with E-state index >= 15 is 0 Å². The van der Waals surface area contributed by atoms with Gasteiger partial charge in [0.25, 0.3) is 0 Å². The molecule has 7 nitrogen and oxygen atoms in total. The highest BCUT2D eigenvalue weighted by Crippen LogP contribution is 2.20. The third kappa shape index (κ3) is 4.98. The summed E-state index contributed by atoms with van der Waals surface area (Å²) in [6.45, 7) is 0. The van der Waals surface area contributed by atoms with Crippen molar-refractivity contribution in [3.8, 4) is 0 Å². The first-order chi connectivity index (χ1) is 12.2. The molecule has 1 amide bonds. The van der Waals surface area contributed by atoms with Crippen molar-refractivity contribution in [2.75, 3.05) is 11.1 Å². The third-order valence-corrected chi connectivity index (χ3v) is 4.22. The molecule has 0 radical (unpaired) electrons. The lowest BCUT2D eigenvalue weighted by Crippen LogP contribution is -2.14. The molecule has 2 aromatic carbocycles. The van der Waals surface area contributed by atoms with Crippen LogP contribution in [-0.4, -0.2) is 26.4 Å². The van der Waals surface area contributed by atoms with E-state index in [0.29, 0.717) is 10.8 Å². The lowest BCUT2D eigenvalue weighted by molar-refractivity contribution is -0.113. The van der Waals surface area contributed by atoms with E-state index in [1.54, 1.807) is 35.2 Å². The number of amides is 1. The number of carbonyl (C=O) groups is 1. The third-order valence-electron chi connectivity index (χ3n) is 3.19. The maximum atomic E-state index is 12.0. The Morgan fingerprint density at radius 3 is 2.40 bits per heavy atom.